The van der Waals surface area contributed by atoms with E-state index in [0.29, 0.717) is 0 Å². The van der Waals surface area contributed by atoms with Crippen molar-refractivity contribution in [2.75, 3.05) is 14.6 Å². The van der Waals surface area contributed by atoms with Crippen LogP contribution < -0.4 is 25.5 Å². The SMILES string of the molecule is Cc1ccccc1-c1cc2c3c(c1)N(c1ccc(-c4ccccc4)cc1C)c1cc(N(c4ccc(C(C)(C)C)cc4)c4ccc(C(C)(C)C)cc4)ccc1B3N(c1ccc(C(C)(C)C)cc1)c1cc3ccccc3cc1-2. The molecule has 374 valence electrons. The summed E-state index contributed by atoms with van der Waals surface area (Å²) in [6.45, 7) is 25.0. The highest BCUT2D eigenvalue weighted by Crippen LogP contribution is 2.51. The van der Waals surface area contributed by atoms with E-state index < -0.39 is 0 Å². The minimum absolute atomic E-state index is 0.00848. The van der Waals surface area contributed by atoms with Crippen LogP contribution in [0.2, 0.25) is 0 Å². The summed E-state index contributed by atoms with van der Waals surface area (Å²) in [4.78, 5) is 7.72. The van der Waals surface area contributed by atoms with Crippen molar-refractivity contribution in [2.24, 2.45) is 0 Å². The van der Waals surface area contributed by atoms with Gasteiger partial charge in [-0.1, -0.05) is 190 Å². The van der Waals surface area contributed by atoms with Crippen molar-refractivity contribution in [2.45, 2.75) is 92.4 Å². The fourth-order valence-electron chi connectivity index (χ4n) is 11.9. The van der Waals surface area contributed by atoms with Gasteiger partial charge < -0.3 is 14.6 Å². The Morgan fingerprint density at radius 2 is 0.908 bits per heavy atom. The van der Waals surface area contributed by atoms with Crippen LogP contribution in [-0.4, -0.2) is 6.85 Å². The Kier molecular flexibility index (Phi) is 11.8. The number of hydrogen-bond donors (Lipinski definition) is 0. The Morgan fingerprint density at radius 3 is 1.50 bits per heavy atom. The molecule has 0 N–H and O–H groups in total. The first-order chi connectivity index (χ1) is 36.4. The van der Waals surface area contributed by atoms with Crippen molar-refractivity contribution < 1.29 is 0 Å². The summed E-state index contributed by atoms with van der Waals surface area (Å²) < 4.78 is 0. The average Bonchev–Trinajstić information content (AvgIpc) is 3.51. The Hall–Kier alpha value is -8.08. The second-order valence-electron chi connectivity index (χ2n) is 24.4. The molecule has 0 radical (unpaired) electrons. The molecule has 2 aliphatic rings. The van der Waals surface area contributed by atoms with Crippen LogP contribution >= 0.6 is 0 Å². The first-order valence-corrected chi connectivity index (χ1v) is 27.2. The van der Waals surface area contributed by atoms with E-state index in [-0.39, 0.29) is 23.1 Å². The van der Waals surface area contributed by atoms with Crippen LogP contribution in [0.25, 0.3) is 44.2 Å². The standard InChI is InChI=1S/C72H68BN3/c1-47-19-15-18-24-61(47)53-43-63-62-42-50-22-16-17-23-51(50)44-66(62)76(59-36-30-56(31-37-59)72(9,10)11)73-64-39-38-60(74(57-32-26-54(27-33-57)70(3,4)5)58-34-28-55(29-35-58)71(6,7)8)46-67(64)75(68(45-53)69(63)73)65-40-25-52(41-48(65)2)49-20-13-12-14-21-49/h12-46H,1-11H3. The Bertz CT molecular complexity index is 3780. The van der Waals surface area contributed by atoms with Crippen molar-refractivity contribution in [3.63, 3.8) is 0 Å². The number of rotatable bonds is 7. The largest absolute Gasteiger partial charge is 0.376 e. The molecule has 0 amide bonds. The average molecular weight is 986 g/mol. The van der Waals surface area contributed by atoms with Gasteiger partial charge in [-0.2, -0.15) is 0 Å². The molecule has 4 heteroatoms. The van der Waals surface area contributed by atoms with Crippen LogP contribution in [0, 0.1) is 13.8 Å². The van der Waals surface area contributed by atoms with E-state index in [1.54, 1.807) is 0 Å². The zero-order valence-corrected chi connectivity index (χ0v) is 46.1. The first kappa shape index (κ1) is 48.8. The van der Waals surface area contributed by atoms with E-state index in [4.69, 9.17) is 0 Å². The second-order valence-corrected chi connectivity index (χ2v) is 24.4. The molecule has 0 aromatic heterocycles. The summed E-state index contributed by atoms with van der Waals surface area (Å²) in [5.74, 6) is 0. The van der Waals surface area contributed by atoms with E-state index in [2.05, 4.69) is 303 Å². The molecule has 12 rings (SSSR count). The Labute approximate surface area is 452 Å². The molecule has 2 heterocycles. The van der Waals surface area contributed by atoms with E-state index in [9.17, 15) is 0 Å². The normalized spacial score (nSPS) is 13.1. The lowest BCUT2D eigenvalue weighted by Crippen LogP contribution is -2.61. The molecule has 3 nitrogen and oxygen atoms in total. The summed E-state index contributed by atoms with van der Waals surface area (Å²) in [7, 11) is 0. The topological polar surface area (TPSA) is 9.72 Å². The van der Waals surface area contributed by atoms with Gasteiger partial charge >= 0.3 is 6.85 Å². The summed E-state index contributed by atoms with van der Waals surface area (Å²) in [6.07, 6.45) is 0. The van der Waals surface area contributed by atoms with E-state index >= 15 is 0 Å². The third-order valence-corrected chi connectivity index (χ3v) is 16.1. The van der Waals surface area contributed by atoms with Crippen LogP contribution in [0.1, 0.15) is 90.1 Å². The van der Waals surface area contributed by atoms with Gasteiger partial charge in [0.2, 0.25) is 0 Å². The van der Waals surface area contributed by atoms with E-state index in [1.165, 1.54) is 100.0 Å². The van der Waals surface area contributed by atoms with Crippen molar-refractivity contribution in [1.82, 2.24) is 0 Å². The third kappa shape index (κ3) is 8.58. The maximum atomic E-state index is 2.66. The Morgan fingerprint density at radius 1 is 0.355 bits per heavy atom. The third-order valence-electron chi connectivity index (χ3n) is 16.1. The zero-order valence-electron chi connectivity index (χ0n) is 46.1. The van der Waals surface area contributed by atoms with Gasteiger partial charge in [-0.3, -0.25) is 0 Å². The van der Waals surface area contributed by atoms with Gasteiger partial charge in [-0.15, -0.1) is 0 Å². The highest BCUT2D eigenvalue weighted by atomic mass is 15.2. The quantitative estimate of drug-likeness (QED) is 0.147. The lowest BCUT2D eigenvalue weighted by atomic mass is 9.43. The van der Waals surface area contributed by atoms with E-state index in [0.717, 1.165) is 28.4 Å². The first-order valence-electron chi connectivity index (χ1n) is 27.2. The number of nitrogens with zero attached hydrogens (tertiary/aromatic N) is 3. The van der Waals surface area contributed by atoms with Gasteiger partial charge in [-0.25, -0.2) is 0 Å². The fraction of sp³-hybridized carbons (Fsp3) is 0.194. The highest BCUT2D eigenvalue weighted by molar-refractivity contribution is 6.93. The molecule has 0 spiro atoms. The maximum Gasteiger partial charge on any atom is 0.333 e. The lowest BCUT2D eigenvalue weighted by Gasteiger charge is -2.46. The molecule has 0 atom stereocenters. The summed E-state index contributed by atoms with van der Waals surface area (Å²) >= 11 is 0. The maximum absolute atomic E-state index is 2.66. The van der Waals surface area contributed by atoms with Crippen molar-refractivity contribution >= 4 is 74.0 Å². The number of anilines is 8. The van der Waals surface area contributed by atoms with Gasteiger partial charge in [0.1, 0.15) is 0 Å². The molecule has 0 aliphatic carbocycles. The van der Waals surface area contributed by atoms with Gasteiger partial charge in [0.15, 0.2) is 0 Å². The predicted octanol–water partition coefficient (Wildman–Crippen LogP) is 18.9. The molecule has 0 saturated carbocycles. The molecule has 2 aliphatic heterocycles. The lowest BCUT2D eigenvalue weighted by molar-refractivity contribution is 0.590. The molecular weight excluding hydrogens is 918 g/mol. The molecule has 0 unspecified atom stereocenters. The minimum Gasteiger partial charge on any atom is -0.376 e. The van der Waals surface area contributed by atoms with E-state index in [1.807, 2.05) is 0 Å². The fourth-order valence-corrected chi connectivity index (χ4v) is 11.9. The van der Waals surface area contributed by atoms with Crippen LogP contribution in [0.5, 0.6) is 0 Å². The number of benzene rings is 10. The zero-order chi connectivity index (χ0) is 52.8. The second kappa shape index (κ2) is 18.3. The summed E-state index contributed by atoms with van der Waals surface area (Å²) in [5, 5.41) is 2.46. The molecule has 10 aromatic carbocycles. The van der Waals surface area contributed by atoms with Crippen LogP contribution in [0.4, 0.5) is 45.5 Å². The molecular formula is C72H68BN3. The summed E-state index contributed by atoms with van der Waals surface area (Å²) in [6, 6.07) is 80.7. The monoisotopic (exact) mass is 986 g/mol. The smallest absolute Gasteiger partial charge is 0.333 e. The van der Waals surface area contributed by atoms with Gasteiger partial charge in [-0.05, 0) is 192 Å². The van der Waals surface area contributed by atoms with Gasteiger partial charge in [0.05, 0.1) is 0 Å². The van der Waals surface area contributed by atoms with Crippen LogP contribution in [0.3, 0.4) is 0 Å². The number of hydrogen-bond acceptors (Lipinski definition) is 3. The molecule has 0 bridgehead atoms. The molecule has 0 fully saturated rings. The molecule has 0 saturated heterocycles. The minimum atomic E-state index is -0.167. The number of aryl methyl sites for hydroxylation is 2. The number of fused-ring (bicyclic) bond motifs is 5. The highest BCUT2D eigenvalue weighted by Gasteiger charge is 2.46. The van der Waals surface area contributed by atoms with Crippen molar-refractivity contribution in [3.05, 3.63) is 240 Å². The van der Waals surface area contributed by atoms with Crippen molar-refractivity contribution in [3.8, 4) is 33.4 Å². The summed E-state index contributed by atoms with van der Waals surface area (Å²) in [5.41, 5.74) is 25.5. The Balaban J connectivity index is 1.18. The predicted molar refractivity (Wildman–Crippen MR) is 329 cm³/mol. The van der Waals surface area contributed by atoms with Gasteiger partial charge in [0.25, 0.3) is 0 Å². The van der Waals surface area contributed by atoms with Crippen molar-refractivity contribution in [1.29, 1.82) is 0 Å². The molecule has 76 heavy (non-hydrogen) atoms. The van der Waals surface area contributed by atoms with Crippen LogP contribution in [-0.2, 0) is 16.2 Å². The van der Waals surface area contributed by atoms with Gasteiger partial charge in [0, 0.05) is 51.1 Å². The molecule has 10 aromatic rings. The van der Waals surface area contributed by atoms with Crippen LogP contribution in [0.15, 0.2) is 212 Å².